The molecule has 0 saturated heterocycles. The number of nitrogens with zero attached hydrogens (tertiary/aromatic N) is 2. The zero-order chi connectivity index (χ0) is 14.6. The van der Waals surface area contributed by atoms with Crippen molar-refractivity contribution in [2.24, 2.45) is 5.10 Å². The van der Waals surface area contributed by atoms with Gasteiger partial charge in [-0.3, -0.25) is 5.43 Å². The molecule has 0 aliphatic rings. The number of hydrogen-bond donors (Lipinski definition) is 1. The average molecular weight is 300 g/mol. The van der Waals surface area contributed by atoms with Gasteiger partial charge in [-0.1, -0.05) is 29.8 Å². The van der Waals surface area contributed by atoms with E-state index >= 15 is 0 Å². The smallest absolute Gasteiger partial charge is 0.261 e. The first-order valence-electron chi connectivity index (χ1n) is 5.53. The van der Waals surface area contributed by atoms with Crippen molar-refractivity contribution in [1.82, 2.24) is 4.98 Å². The number of pyridine rings is 1. The van der Waals surface area contributed by atoms with E-state index in [2.05, 4.69) is 15.5 Å². The molecule has 2 rings (SSSR count). The van der Waals surface area contributed by atoms with Crippen LogP contribution in [0.15, 0.2) is 47.7 Å². The number of benzene rings is 1. The summed E-state index contributed by atoms with van der Waals surface area (Å²) in [4.78, 5) is 3.62. The van der Waals surface area contributed by atoms with Crippen LogP contribution in [0.3, 0.4) is 0 Å². The molecule has 1 heterocycles. The molecule has 0 unspecified atom stereocenters. The van der Waals surface area contributed by atoms with Crippen LogP contribution in [0.4, 0.5) is 19.0 Å². The highest BCUT2D eigenvalue weighted by molar-refractivity contribution is 6.33. The Hall–Kier alpha value is -2.08. The Balaban J connectivity index is 2.03. The normalized spacial score (nSPS) is 11.8. The molecule has 1 aromatic heterocycles. The summed E-state index contributed by atoms with van der Waals surface area (Å²) in [5.74, 6) is 0.210. The Morgan fingerprint density at radius 2 is 1.90 bits per heavy atom. The van der Waals surface area contributed by atoms with Crippen LogP contribution in [0.5, 0.6) is 0 Å². The highest BCUT2D eigenvalue weighted by atomic mass is 35.5. The molecule has 0 atom stereocenters. The predicted octanol–water partition coefficient (Wildman–Crippen LogP) is 4.20. The Kier molecular flexibility index (Phi) is 4.24. The van der Waals surface area contributed by atoms with E-state index in [0.29, 0.717) is 10.6 Å². The standard InChI is InChI=1S/C13H9ClF3N3/c14-11-4-2-1-3-9(11)7-19-20-12-6-5-10(8-18-12)13(15,16)17/h1-8H,(H,18,20). The van der Waals surface area contributed by atoms with Gasteiger partial charge >= 0.3 is 6.18 Å². The van der Waals surface area contributed by atoms with E-state index in [9.17, 15) is 13.2 Å². The lowest BCUT2D eigenvalue weighted by molar-refractivity contribution is -0.137. The van der Waals surface area contributed by atoms with Crippen molar-refractivity contribution in [1.29, 1.82) is 0 Å². The summed E-state index contributed by atoms with van der Waals surface area (Å²) in [5.41, 5.74) is 2.41. The first kappa shape index (κ1) is 14.3. The van der Waals surface area contributed by atoms with Crippen LogP contribution in [0.1, 0.15) is 11.1 Å². The second-order valence-electron chi connectivity index (χ2n) is 3.82. The molecule has 1 aromatic carbocycles. The summed E-state index contributed by atoms with van der Waals surface area (Å²) in [7, 11) is 0. The van der Waals surface area contributed by atoms with Crippen molar-refractivity contribution >= 4 is 23.6 Å². The van der Waals surface area contributed by atoms with Crippen molar-refractivity contribution in [3.8, 4) is 0 Å². The van der Waals surface area contributed by atoms with Gasteiger partial charge in [0.1, 0.15) is 5.82 Å². The highest BCUT2D eigenvalue weighted by Crippen LogP contribution is 2.28. The maximum absolute atomic E-state index is 12.3. The Morgan fingerprint density at radius 3 is 2.50 bits per heavy atom. The van der Waals surface area contributed by atoms with Crippen molar-refractivity contribution < 1.29 is 13.2 Å². The van der Waals surface area contributed by atoms with Crippen molar-refractivity contribution in [3.63, 3.8) is 0 Å². The van der Waals surface area contributed by atoms with Crippen molar-refractivity contribution in [2.45, 2.75) is 6.18 Å². The van der Waals surface area contributed by atoms with Gasteiger partial charge in [-0.15, -0.1) is 0 Å². The second kappa shape index (κ2) is 5.92. The van der Waals surface area contributed by atoms with Gasteiger partial charge in [-0.2, -0.15) is 18.3 Å². The van der Waals surface area contributed by atoms with Crippen LogP contribution in [0, 0.1) is 0 Å². The first-order chi connectivity index (χ1) is 9.47. The van der Waals surface area contributed by atoms with Gasteiger partial charge in [0.05, 0.1) is 11.8 Å². The van der Waals surface area contributed by atoms with Crippen LogP contribution in [-0.4, -0.2) is 11.2 Å². The van der Waals surface area contributed by atoms with Crippen LogP contribution in [0.25, 0.3) is 0 Å². The number of anilines is 1. The maximum atomic E-state index is 12.3. The van der Waals surface area contributed by atoms with Gasteiger partial charge in [0.2, 0.25) is 0 Å². The number of hydrogen-bond acceptors (Lipinski definition) is 3. The molecule has 0 amide bonds. The molecule has 1 N–H and O–H groups in total. The van der Waals surface area contributed by atoms with Gasteiger partial charge in [-0.25, -0.2) is 4.98 Å². The summed E-state index contributed by atoms with van der Waals surface area (Å²) in [5, 5.41) is 4.39. The Morgan fingerprint density at radius 1 is 1.15 bits per heavy atom. The van der Waals surface area contributed by atoms with Crippen molar-refractivity contribution in [3.05, 3.63) is 58.7 Å². The number of hydrazone groups is 1. The number of rotatable bonds is 3. The maximum Gasteiger partial charge on any atom is 0.417 e. The number of halogens is 4. The third-order valence-corrected chi connectivity index (χ3v) is 2.72. The first-order valence-corrected chi connectivity index (χ1v) is 5.91. The van der Waals surface area contributed by atoms with Gasteiger partial charge < -0.3 is 0 Å². The third kappa shape index (κ3) is 3.71. The molecule has 0 saturated carbocycles. The van der Waals surface area contributed by atoms with E-state index in [-0.39, 0.29) is 5.82 Å². The molecule has 104 valence electrons. The largest absolute Gasteiger partial charge is 0.417 e. The summed E-state index contributed by atoms with van der Waals surface area (Å²) in [6.45, 7) is 0. The van der Waals surface area contributed by atoms with Crippen LogP contribution >= 0.6 is 11.6 Å². The quantitative estimate of drug-likeness (QED) is 0.681. The molecule has 3 nitrogen and oxygen atoms in total. The van der Waals surface area contributed by atoms with Crippen LogP contribution in [0.2, 0.25) is 5.02 Å². The SMILES string of the molecule is FC(F)(F)c1ccc(NN=Cc2ccccc2Cl)nc1. The minimum atomic E-state index is -4.40. The summed E-state index contributed by atoms with van der Waals surface area (Å²) < 4.78 is 37.0. The molecule has 7 heteroatoms. The summed E-state index contributed by atoms with van der Waals surface area (Å²) in [6, 6.07) is 9.17. The van der Waals surface area contributed by atoms with E-state index < -0.39 is 11.7 Å². The zero-order valence-electron chi connectivity index (χ0n) is 10.0. The van der Waals surface area contributed by atoms with E-state index in [0.717, 1.165) is 12.3 Å². The van der Waals surface area contributed by atoms with Crippen LogP contribution in [-0.2, 0) is 6.18 Å². The van der Waals surface area contributed by atoms with Gasteiger partial charge in [0.25, 0.3) is 0 Å². The summed E-state index contributed by atoms with van der Waals surface area (Å²) >= 11 is 5.92. The minimum Gasteiger partial charge on any atom is -0.261 e. The lowest BCUT2D eigenvalue weighted by Gasteiger charge is -2.06. The lowest BCUT2D eigenvalue weighted by atomic mass is 10.2. The Bertz CT molecular complexity index is 609. The molecular formula is C13H9ClF3N3. The molecule has 0 aliphatic carbocycles. The highest BCUT2D eigenvalue weighted by Gasteiger charge is 2.30. The molecule has 0 aliphatic heterocycles. The van der Waals surface area contributed by atoms with E-state index in [1.54, 1.807) is 24.3 Å². The molecule has 0 fully saturated rings. The number of nitrogens with one attached hydrogen (secondary N) is 1. The molecule has 0 spiro atoms. The Labute approximate surface area is 118 Å². The predicted molar refractivity (Wildman–Crippen MR) is 71.9 cm³/mol. The molecular weight excluding hydrogens is 291 g/mol. The van der Waals surface area contributed by atoms with Crippen molar-refractivity contribution in [2.75, 3.05) is 5.43 Å². The fraction of sp³-hybridized carbons (Fsp3) is 0.0769. The zero-order valence-corrected chi connectivity index (χ0v) is 10.8. The lowest BCUT2D eigenvalue weighted by Crippen LogP contribution is -2.05. The van der Waals surface area contributed by atoms with Gasteiger partial charge in [0, 0.05) is 16.8 Å². The van der Waals surface area contributed by atoms with Gasteiger partial charge in [-0.05, 0) is 18.2 Å². The average Bonchev–Trinajstić information content (AvgIpc) is 2.40. The van der Waals surface area contributed by atoms with E-state index in [1.807, 2.05) is 0 Å². The number of alkyl halides is 3. The second-order valence-corrected chi connectivity index (χ2v) is 4.23. The minimum absolute atomic E-state index is 0.210. The third-order valence-electron chi connectivity index (χ3n) is 2.38. The van der Waals surface area contributed by atoms with E-state index in [4.69, 9.17) is 11.6 Å². The fourth-order valence-electron chi connectivity index (χ4n) is 1.38. The summed E-state index contributed by atoms with van der Waals surface area (Å²) in [6.07, 6.45) is -2.19. The van der Waals surface area contributed by atoms with E-state index in [1.165, 1.54) is 12.3 Å². The molecule has 0 bridgehead atoms. The topological polar surface area (TPSA) is 37.3 Å². The molecule has 2 aromatic rings. The molecule has 20 heavy (non-hydrogen) atoms. The fourth-order valence-corrected chi connectivity index (χ4v) is 1.56. The van der Waals surface area contributed by atoms with Crippen LogP contribution < -0.4 is 5.43 Å². The monoisotopic (exact) mass is 299 g/mol. The van der Waals surface area contributed by atoms with Gasteiger partial charge in [0.15, 0.2) is 0 Å². The number of aromatic nitrogens is 1. The molecule has 0 radical (unpaired) electrons.